The van der Waals surface area contributed by atoms with Gasteiger partial charge in [-0.05, 0) is 55.8 Å². The van der Waals surface area contributed by atoms with E-state index in [0.717, 1.165) is 6.04 Å². The van der Waals surface area contributed by atoms with Crippen LogP contribution < -0.4 is 5.32 Å². The van der Waals surface area contributed by atoms with Crippen LogP contribution >= 0.6 is 12.4 Å². The predicted octanol–water partition coefficient (Wildman–Crippen LogP) is 2.90. The number of nitrogens with zero attached hydrogens (tertiary/aromatic N) is 1. The molecule has 0 radical (unpaired) electrons. The van der Waals surface area contributed by atoms with Crippen molar-refractivity contribution < 1.29 is 0 Å². The van der Waals surface area contributed by atoms with Gasteiger partial charge in [-0.3, -0.25) is 0 Å². The zero-order chi connectivity index (χ0) is 13.3. The summed E-state index contributed by atoms with van der Waals surface area (Å²) in [6.45, 7) is 6.03. The molecule has 112 valence electrons. The van der Waals surface area contributed by atoms with Gasteiger partial charge in [0.15, 0.2) is 0 Å². The molecule has 3 heteroatoms. The Labute approximate surface area is 129 Å². The maximum absolute atomic E-state index is 3.51. The van der Waals surface area contributed by atoms with Crippen LogP contribution in [0.15, 0.2) is 24.3 Å². The Bertz CT molecular complexity index is 440. The van der Waals surface area contributed by atoms with Crippen LogP contribution in [0, 0.1) is 5.41 Å². The molecule has 0 spiro atoms. The molecule has 0 amide bonds. The maximum atomic E-state index is 3.51. The molecule has 0 aromatic heterocycles. The van der Waals surface area contributed by atoms with Gasteiger partial charge in [-0.15, -0.1) is 12.4 Å². The number of benzene rings is 1. The predicted molar refractivity (Wildman–Crippen MR) is 87.7 cm³/mol. The molecular weight excluding hydrogens is 268 g/mol. The van der Waals surface area contributed by atoms with E-state index in [-0.39, 0.29) is 12.4 Å². The number of hydrogen-bond acceptors (Lipinski definition) is 2. The van der Waals surface area contributed by atoms with Crippen LogP contribution in [0.1, 0.15) is 30.9 Å². The molecule has 3 rings (SSSR count). The Balaban J connectivity index is 0.00000147. The first-order chi connectivity index (χ1) is 9.16. The first-order valence-electron chi connectivity index (χ1n) is 7.64. The summed E-state index contributed by atoms with van der Waals surface area (Å²) in [4.78, 5) is 2.61. The van der Waals surface area contributed by atoms with Gasteiger partial charge in [-0.25, -0.2) is 0 Å². The summed E-state index contributed by atoms with van der Waals surface area (Å²) in [6.07, 6.45) is 5.12. The van der Waals surface area contributed by atoms with Crippen LogP contribution in [-0.2, 0) is 12.8 Å². The van der Waals surface area contributed by atoms with Gasteiger partial charge in [0.1, 0.15) is 0 Å². The quantitative estimate of drug-likeness (QED) is 0.922. The van der Waals surface area contributed by atoms with Crippen LogP contribution in [-0.4, -0.2) is 37.6 Å². The van der Waals surface area contributed by atoms with E-state index >= 15 is 0 Å². The van der Waals surface area contributed by atoms with E-state index in [1.54, 1.807) is 11.1 Å². The average molecular weight is 295 g/mol. The molecule has 2 aliphatic rings. The Morgan fingerprint density at radius 1 is 1.30 bits per heavy atom. The second kappa shape index (κ2) is 6.46. The smallest absolute Gasteiger partial charge is 0.0136 e. The van der Waals surface area contributed by atoms with Crippen LogP contribution in [0.2, 0.25) is 0 Å². The summed E-state index contributed by atoms with van der Waals surface area (Å²) in [5.41, 5.74) is 3.62. The SMILES string of the molecule is CN(CC1(C)CCNC1)C1CCc2ccccc2C1.Cl. The lowest BCUT2D eigenvalue weighted by atomic mass is 9.85. The van der Waals surface area contributed by atoms with Gasteiger partial charge in [-0.1, -0.05) is 31.2 Å². The third kappa shape index (κ3) is 3.36. The van der Waals surface area contributed by atoms with E-state index in [0.29, 0.717) is 5.41 Å². The van der Waals surface area contributed by atoms with E-state index < -0.39 is 0 Å². The van der Waals surface area contributed by atoms with Crippen molar-refractivity contribution in [2.45, 2.75) is 38.6 Å². The lowest BCUT2D eigenvalue weighted by Crippen LogP contribution is -2.43. The highest BCUT2D eigenvalue weighted by atomic mass is 35.5. The number of halogens is 1. The summed E-state index contributed by atoms with van der Waals surface area (Å²) in [5, 5.41) is 3.51. The minimum absolute atomic E-state index is 0. The Hall–Kier alpha value is -0.570. The molecule has 0 saturated carbocycles. The van der Waals surface area contributed by atoms with Crippen molar-refractivity contribution >= 4 is 12.4 Å². The fourth-order valence-electron chi connectivity index (χ4n) is 3.79. The zero-order valence-electron chi connectivity index (χ0n) is 12.7. The van der Waals surface area contributed by atoms with Crippen molar-refractivity contribution in [1.29, 1.82) is 0 Å². The third-order valence-corrected chi connectivity index (χ3v) is 5.03. The maximum Gasteiger partial charge on any atom is 0.0136 e. The van der Waals surface area contributed by atoms with Gasteiger partial charge in [0.2, 0.25) is 0 Å². The van der Waals surface area contributed by atoms with Crippen molar-refractivity contribution in [2.75, 3.05) is 26.7 Å². The minimum atomic E-state index is 0. The molecule has 1 saturated heterocycles. The van der Waals surface area contributed by atoms with Gasteiger partial charge in [0.25, 0.3) is 0 Å². The number of rotatable bonds is 3. The molecule has 2 unspecified atom stereocenters. The van der Waals surface area contributed by atoms with Crippen molar-refractivity contribution in [1.82, 2.24) is 10.2 Å². The van der Waals surface area contributed by atoms with Crippen molar-refractivity contribution in [2.24, 2.45) is 5.41 Å². The van der Waals surface area contributed by atoms with Gasteiger partial charge in [0, 0.05) is 19.1 Å². The monoisotopic (exact) mass is 294 g/mol. The second-order valence-electron chi connectivity index (χ2n) is 6.82. The Morgan fingerprint density at radius 3 is 2.75 bits per heavy atom. The Morgan fingerprint density at radius 2 is 2.05 bits per heavy atom. The van der Waals surface area contributed by atoms with E-state index in [4.69, 9.17) is 0 Å². The van der Waals surface area contributed by atoms with E-state index in [9.17, 15) is 0 Å². The molecule has 0 bridgehead atoms. The molecule has 2 atom stereocenters. The topological polar surface area (TPSA) is 15.3 Å². The van der Waals surface area contributed by atoms with E-state index in [1.807, 2.05) is 0 Å². The first-order valence-corrected chi connectivity index (χ1v) is 7.64. The van der Waals surface area contributed by atoms with Gasteiger partial charge in [-0.2, -0.15) is 0 Å². The fourth-order valence-corrected chi connectivity index (χ4v) is 3.79. The fraction of sp³-hybridized carbons (Fsp3) is 0.647. The number of aryl methyl sites for hydroxylation is 1. The molecule has 1 N–H and O–H groups in total. The van der Waals surface area contributed by atoms with Gasteiger partial charge < -0.3 is 10.2 Å². The molecule has 1 aliphatic carbocycles. The van der Waals surface area contributed by atoms with Crippen molar-refractivity contribution in [3.8, 4) is 0 Å². The third-order valence-electron chi connectivity index (χ3n) is 5.03. The summed E-state index contributed by atoms with van der Waals surface area (Å²) in [6, 6.07) is 9.70. The molecule has 1 fully saturated rings. The van der Waals surface area contributed by atoms with Gasteiger partial charge >= 0.3 is 0 Å². The summed E-state index contributed by atoms with van der Waals surface area (Å²) >= 11 is 0. The zero-order valence-corrected chi connectivity index (χ0v) is 13.5. The van der Waals surface area contributed by atoms with E-state index in [2.05, 4.69) is 48.5 Å². The molecule has 1 aromatic rings. The second-order valence-corrected chi connectivity index (χ2v) is 6.82. The molecule has 20 heavy (non-hydrogen) atoms. The molecule has 1 heterocycles. The summed E-state index contributed by atoms with van der Waals surface area (Å²) < 4.78 is 0. The van der Waals surface area contributed by atoms with Gasteiger partial charge in [0.05, 0.1) is 0 Å². The van der Waals surface area contributed by atoms with Crippen LogP contribution in [0.4, 0.5) is 0 Å². The normalized spacial score (nSPS) is 29.1. The standard InChI is InChI=1S/C17H26N2.ClH/c1-17(9-10-18-12-17)13-19(2)16-8-7-14-5-3-4-6-15(14)11-16;/h3-6,16,18H,7-13H2,1-2H3;1H. The highest BCUT2D eigenvalue weighted by Crippen LogP contribution is 2.29. The van der Waals surface area contributed by atoms with Crippen molar-refractivity contribution in [3.05, 3.63) is 35.4 Å². The number of nitrogens with one attached hydrogen (secondary N) is 1. The largest absolute Gasteiger partial charge is 0.316 e. The minimum Gasteiger partial charge on any atom is -0.316 e. The number of hydrogen-bond donors (Lipinski definition) is 1. The molecular formula is C17H27ClN2. The van der Waals surface area contributed by atoms with E-state index in [1.165, 1.54) is 45.3 Å². The first kappa shape index (κ1) is 15.8. The lowest BCUT2D eigenvalue weighted by molar-refractivity contribution is 0.149. The molecule has 1 aromatic carbocycles. The highest BCUT2D eigenvalue weighted by Gasteiger charge is 2.32. The lowest BCUT2D eigenvalue weighted by Gasteiger charge is -2.37. The van der Waals surface area contributed by atoms with Crippen LogP contribution in [0.3, 0.4) is 0 Å². The van der Waals surface area contributed by atoms with Crippen LogP contribution in [0.5, 0.6) is 0 Å². The van der Waals surface area contributed by atoms with Crippen molar-refractivity contribution in [3.63, 3.8) is 0 Å². The summed E-state index contributed by atoms with van der Waals surface area (Å²) in [7, 11) is 2.32. The average Bonchev–Trinajstić information content (AvgIpc) is 2.84. The number of likely N-dealkylation sites (N-methyl/N-ethyl adjacent to an activating group) is 1. The Kier molecular flexibility index (Phi) is 5.11. The van der Waals surface area contributed by atoms with Crippen LogP contribution in [0.25, 0.3) is 0 Å². The number of fused-ring (bicyclic) bond motifs is 1. The highest BCUT2D eigenvalue weighted by molar-refractivity contribution is 5.85. The molecule has 1 aliphatic heterocycles. The summed E-state index contributed by atoms with van der Waals surface area (Å²) in [5.74, 6) is 0. The molecule has 2 nitrogen and oxygen atoms in total.